The number of alkyl halides is 1. The Balaban J connectivity index is 2.30. The SMILES string of the molecule is Cc1cnc2c(c1)nc(CCCl)n2-c1cc(Cl)cc(Cl)c1. The summed E-state index contributed by atoms with van der Waals surface area (Å²) in [6.07, 6.45) is 2.46. The summed E-state index contributed by atoms with van der Waals surface area (Å²) in [5, 5.41) is 1.14. The Labute approximate surface area is 137 Å². The van der Waals surface area contributed by atoms with Gasteiger partial charge in [0.15, 0.2) is 5.65 Å². The van der Waals surface area contributed by atoms with E-state index in [0.717, 1.165) is 28.2 Å². The van der Waals surface area contributed by atoms with Crippen molar-refractivity contribution >= 4 is 46.0 Å². The Hall–Kier alpha value is -1.29. The molecule has 0 radical (unpaired) electrons. The summed E-state index contributed by atoms with van der Waals surface area (Å²) in [7, 11) is 0. The van der Waals surface area contributed by atoms with Crippen molar-refractivity contribution in [2.45, 2.75) is 13.3 Å². The number of nitrogens with zero attached hydrogens (tertiary/aromatic N) is 3. The minimum Gasteiger partial charge on any atom is -0.281 e. The van der Waals surface area contributed by atoms with Gasteiger partial charge in [0, 0.05) is 28.5 Å². The van der Waals surface area contributed by atoms with Crippen molar-refractivity contribution in [2.75, 3.05) is 5.88 Å². The van der Waals surface area contributed by atoms with Gasteiger partial charge in [0.1, 0.15) is 11.3 Å². The number of benzene rings is 1. The van der Waals surface area contributed by atoms with E-state index in [9.17, 15) is 0 Å². The van der Waals surface area contributed by atoms with Crippen LogP contribution in [0.1, 0.15) is 11.4 Å². The van der Waals surface area contributed by atoms with Gasteiger partial charge >= 0.3 is 0 Å². The highest BCUT2D eigenvalue weighted by Gasteiger charge is 2.14. The number of aromatic nitrogens is 3. The first-order chi connectivity index (χ1) is 10.1. The summed E-state index contributed by atoms with van der Waals surface area (Å²) in [6.45, 7) is 1.99. The topological polar surface area (TPSA) is 30.7 Å². The Morgan fingerprint density at radius 1 is 1.10 bits per heavy atom. The Morgan fingerprint density at radius 3 is 2.48 bits per heavy atom. The lowest BCUT2D eigenvalue weighted by molar-refractivity contribution is 0.905. The lowest BCUT2D eigenvalue weighted by atomic mass is 10.3. The average Bonchev–Trinajstić information content (AvgIpc) is 2.75. The molecule has 1 aromatic carbocycles. The fraction of sp³-hybridized carbons (Fsp3) is 0.200. The monoisotopic (exact) mass is 339 g/mol. The van der Waals surface area contributed by atoms with Gasteiger partial charge in [-0.2, -0.15) is 0 Å². The highest BCUT2D eigenvalue weighted by Crippen LogP contribution is 2.26. The number of rotatable bonds is 3. The van der Waals surface area contributed by atoms with E-state index in [0.29, 0.717) is 22.3 Å². The molecular formula is C15H12Cl3N3. The van der Waals surface area contributed by atoms with Crippen LogP contribution in [0.4, 0.5) is 0 Å². The number of hydrogen-bond donors (Lipinski definition) is 0. The molecule has 0 aliphatic carbocycles. The number of aryl methyl sites for hydroxylation is 2. The van der Waals surface area contributed by atoms with Crippen LogP contribution in [0.15, 0.2) is 30.5 Å². The van der Waals surface area contributed by atoms with Crippen LogP contribution < -0.4 is 0 Å². The number of hydrogen-bond acceptors (Lipinski definition) is 2. The number of fused-ring (bicyclic) bond motifs is 1. The van der Waals surface area contributed by atoms with Crippen molar-refractivity contribution in [1.29, 1.82) is 0 Å². The lowest BCUT2D eigenvalue weighted by Crippen LogP contribution is -2.03. The van der Waals surface area contributed by atoms with E-state index in [4.69, 9.17) is 34.8 Å². The molecule has 0 saturated carbocycles. The summed E-state index contributed by atoms with van der Waals surface area (Å²) in [4.78, 5) is 9.12. The number of halogens is 3. The van der Waals surface area contributed by atoms with Gasteiger partial charge in [0.25, 0.3) is 0 Å². The van der Waals surface area contributed by atoms with E-state index >= 15 is 0 Å². The van der Waals surface area contributed by atoms with Crippen molar-refractivity contribution in [1.82, 2.24) is 14.5 Å². The first-order valence-corrected chi connectivity index (χ1v) is 7.74. The van der Waals surface area contributed by atoms with Gasteiger partial charge in [-0.3, -0.25) is 4.57 Å². The Kier molecular flexibility index (Phi) is 4.07. The third-order valence-corrected chi connectivity index (χ3v) is 3.75. The van der Waals surface area contributed by atoms with Gasteiger partial charge in [-0.1, -0.05) is 23.2 Å². The predicted octanol–water partition coefficient (Wildman–Crippen LogP) is 4.82. The quantitative estimate of drug-likeness (QED) is 0.640. The molecule has 3 nitrogen and oxygen atoms in total. The molecule has 2 heterocycles. The average molecular weight is 341 g/mol. The molecule has 108 valence electrons. The molecule has 0 atom stereocenters. The normalized spacial score (nSPS) is 11.2. The molecule has 3 rings (SSSR count). The lowest BCUT2D eigenvalue weighted by Gasteiger charge is -2.09. The second-order valence-corrected chi connectivity index (χ2v) is 6.04. The molecule has 0 amide bonds. The van der Waals surface area contributed by atoms with Crippen LogP contribution in [0.25, 0.3) is 16.9 Å². The minimum absolute atomic E-state index is 0.483. The highest BCUT2D eigenvalue weighted by atomic mass is 35.5. The van der Waals surface area contributed by atoms with Crippen molar-refractivity contribution < 1.29 is 0 Å². The zero-order valence-corrected chi connectivity index (χ0v) is 13.5. The second-order valence-electron chi connectivity index (χ2n) is 4.79. The molecule has 2 aromatic heterocycles. The van der Waals surface area contributed by atoms with Gasteiger partial charge in [-0.15, -0.1) is 11.6 Å². The van der Waals surface area contributed by atoms with Gasteiger partial charge < -0.3 is 0 Å². The molecule has 0 N–H and O–H groups in total. The van der Waals surface area contributed by atoms with E-state index in [1.54, 1.807) is 6.07 Å². The van der Waals surface area contributed by atoms with Crippen LogP contribution in [0.2, 0.25) is 10.0 Å². The molecule has 0 saturated heterocycles. The third kappa shape index (κ3) is 2.86. The first kappa shape index (κ1) is 14.6. The van der Waals surface area contributed by atoms with Crippen LogP contribution >= 0.6 is 34.8 Å². The number of imidazole rings is 1. The second kappa shape index (κ2) is 5.84. The third-order valence-electron chi connectivity index (χ3n) is 3.13. The largest absolute Gasteiger partial charge is 0.281 e. The van der Waals surface area contributed by atoms with Gasteiger partial charge in [-0.25, -0.2) is 9.97 Å². The molecule has 0 fully saturated rings. The van der Waals surface area contributed by atoms with Crippen LogP contribution in [-0.2, 0) is 6.42 Å². The molecule has 0 aliphatic rings. The molecule has 3 aromatic rings. The molecule has 0 unspecified atom stereocenters. The van der Waals surface area contributed by atoms with E-state index in [-0.39, 0.29) is 0 Å². The Morgan fingerprint density at radius 2 is 1.81 bits per heavy atom. The fourth-order valence-corrected chi connectivity index (χ4v) is 2.99. The maximum absolute atomic E-state index is 6.11. The van der Waals surface area contributed by atoms with Gasteiger partial charge in [0.2, 0.25) is 0 Å². The maximum atomic E-state index is 6.11. The smallest absolute Gasteiger partial charge is 0.164 e. The molecule has 0 aliphatic heterocycles. The molecule has 6 heteroatoms. The van der Waals surface area contributed by atoms with Gasteiger partial charge in [-0.05, 0) is 36.8 Å². The van der Waals surface area contributed by atoms with Crippen molar-refractivity contribution in [3.05, 3.63) is 51.9 Å². The maximum Gasteiger partial charge on any atom is 0.164 e. The van der Waals surface area contributed by atoms with E-state index in [1.165, 1.54) is 0 Å². The van der Waals surface area contributed by atoms with Crippen molar-refractivity contribution in [3.8, 4) is 5.69 Å². The molecule has 0 bridgehead atoms. The zero-order valence-electron chi connectivity index (χ0n) is 11.3. The first-order valence-electron chi connectivity index (χ1n) is 6.45. The number of pyridine rings is 1. The van der Waals surface area contributed by atoms with E-state index in [1.807, 2.05) is 35.9 Å². The molecule has 21 heavy (non-hydrogen) atoms. The summed E-state index contributed by atoms with van der Waals surface area (Å²) in [5.41, 5.74) is 3.52. The minimum atomic E-state index is 0.483. The predicted molar refractivity (Wildman–Crippen MR) is 88.0 cm³/mol. The Bertz CT molecular complexity index is 791. The van der Waals surface area contributed by atoms with Crippen molar-refractivity contribution in [3.63, 3.8) is 0 Å². The zero-order chi connectivity index (χ0) is 15.0. The summed E-state index contributed by atoms with van der Waals surface area (Å²) in [6, 6.07) is 7.38. The standard InChI is InChI=1S/C15H12Cl3N3/c1-9-4-13-15(19-8-9)21(14(20-13)2-3-16)12-6-10(17)5-11(18)7-12/h4-8H,2-3H2,1H3. The molecule has 0 spiro atoms. The fourth-order valence-electron chi connectivity index (χ4n) is 2.30. The summed E-state index contributed by atoms with van der Waals surface area (Å²) in [5.74, 6) is 1.33. The van der Waals surface area contributed by atoms with Gasteiger partial charge in [0.05, 0.1) is 5.69 Å². The van der Waals surface area contributed by atoms with Crippen LogP contribution in [0.5, 0.6) is 0 Å². The molecular weight excluding hydrogens is 329 g/mol. The highest BCUT2D eigenvalue weighted by molar-refractivity contribution is 6.34. The van der Waals surface area contributed by atoms with Crippen LogP contribution in [-0.4, -0.2) is 20.4 Å². The summed E-state index contributed by atoms with van der Waals surface area (Å²) < 4.78 is 1.95. The van der Waals surface area contributed by atoms with Crippen LogP contribution in [0, 0.1) is 6.92 Å². The van der Waals surface area contributed by atoms with Crippen LogP contribution in [0.3, 0.4) is 0 Å². The summed E-state index contributed by atoms with van der Waals surface area (Å²) >= 11 is 18.1. The van der Waals surface area contributed by atoms with E-state index < -0.39 is 0 Å². The van der Waals surface area contributed by atoms with E-state index in [2.05, 4.69) is 9.97 Å². The van der Waals surface area contributed by atoms with Crippen molar-refractivity contribution in [2.24, 2.45) is 0 Å².